The number of aryl methyl sites for hydroxylation is 1. The first kappa shape index (κ1) is 27.7. The maximum atomic E-state index is 12.8. The molecule has 8 heteroatoms. The summed E-state index contributed by atoms with van der Waals surface area (Å²) in [4.78, 5) is 25.3. The standard InChI is InChI=1S/C29H32ClN3O4/c1-5-36-26-15-22(13-14-25(26)37-18-21-11-9-20(4)10-12-21)17-31-33-29(35)27(19(2)3)32-28(34)23-7-6-8-24(30)16-23/h6-17,19,27H,5,18H2,1-4H3,(H,32,34)(H,33,35)/b31-17-. The van der Waals surface area contributed by atoms with Crippen LogP contribution < -0.4 is 20.2 Å². The summed E-state index contributed by atoms with van der Waals surface area (Å²) in [6, 6.07) is 19.3. The third-order valence-corrected chi connectivity index (χ3v) is 5.73. The molecule has 1 atom stereocenters. The highest BCUT2D eigenvalue weighted by atomic mass is 35.5. The number of hydrogen-bond donors (Lipinski definition) is 2. The summed E-state index contributed by atoms with van der Waals surface area (Å²) in [6.07, 6.45) is 1.51. The smallest absolute Gasteiger partial charge is 0.262 e. The Bertz CT molecular complexity index is 1240. The van der Waals surface area contributed by atoms with Gasteiger partial charge in [0.2, 0.25) is 0 Å². The van der Waals surface area contributed by atoms with E-state index >= 15 is 0 Å². The van der Waals surface area contributed by atoms with Crippen molar-refractivity contribution in [3.8, 4) is 11.5 Å². The first-order valence-electron chi connectivity index (χ1n) is 12.1. The lowest BCUT2D eigenvalue weighted by atomic mass is 10.0. The number of nitrogens with one attached hydrogen (secondary N) is 2. The molecule has 0 bridgehead atoms. The maximum Gasteiger partial charge on any atom is 0.262 e. The minimum absolute atomic E-state index is 0.159. The van der Waals surface area contributed by atoms with E-state index in [9.17, 15) is 9.59 Å². The zero-order chi connectivity index (χ0) is 26.8. The highest BCUT2D eigenvalue weighted by molar-refractivity contribution is 6.31. The van der Waals surface area contributed by atoms with E-state index in [0.29, 0.717) is 35.3 Å². The van der Waals surface area contributed by atoms with Gasteiger partial charge in [0, 0.05) is 10.6 Å². The summed E-state index contributed by atoms with van der Waals surface area (Å²) in [7, 11) is 0. The van der Waals surface area contributed by atoms with Gasteiger partial charge in [0.25, 0.3) is 11.8 Å². The number of halogens is 1. The Labute approximate surface area is 222 Å². The molecular formula is C29H32ClN3O4. The van der Waals surface area contributed by atoms with E-state index in [1.807, 2.05) is 64.1 Å². The van der Waals surface area contributed by atoms with Gasteiger partial charge in [-0.25, -0.2) is 5.43 Å². The maximum absolute atomic E-state index is 12.8. The van der Waals surface area contributed by atoms with Crippen molar-refractivity contribution < 1.29 is 19.1 Å². The molecule has 3 aromatic carbocycles. The molecule has 0 saturated carbocycles. The summed E-state index contributed by atoms with van der Waals surface area (Å²) in [5.41, 5.74) is 5.86. The molecule has 0 aliphatic rings. The van der Waals surface area contributed by atoms with Crippen LogP contribution in [-0.2, 0) is 11.4 Å². The van der Waals surface area contributed by atoms with E-state index in [2.05, 4.69) is 15.8 Å². The molecule has 2 N–H and O–H groups in total. The fraction of sp³-hybridized carbons (Fsp3) is 0.276. The molecule has 0 aliphatic carbocycles. The van der Waals surface area contributed by atoms with Crippen LogP contribution in [0.4, 0.5) is 0 Å². The largest absolute Gasteiger partial charge is 0.490 e. The molecule has 194 valence electrons. The second kappa shape index (κ2) is 13.5. The van der Waals surface area contributed by atoms with Crippen molar-refractivity contribution in [3.63, 3.8) is 0 Å². The summed E-state index contributed by atoms with van der Waals surface area (Å²) in [6.45, 7) is 8.52. The molecule has 0 radical (unpaired) electrons. The average molecular weight is 522 g/mol. The van der Waals surface area contributed by atoms with Crippen molar-refractivity contribution in [2.75, 3.05) is 6.61 Å². The number of rotatable bonds is 11. The number of ether oxygens (including phenoxy) is 2. The fourth-order valence-electron chi connectivity index (χ4n) is 3.47. The molecule has 0 aromatic heterocycles. The van der Waals surface area contributed by atoms with Gasteiger partial charge in [0.1, 0.15) is 12.6 Å². The summed E-state index contributed by atoms with van der Waals surface area (Å²) >= 11 is 5.97. The summed E-state index contributed by atoms with van der Waals surface area (Å²) in [5, 5.41) is 7.28. The Morgan fingerprint density at radius 1 is 1.00 bits per heavy atom. The van der Waals surface area contributed by atoms with Crippen molar-refractivity contribution in [2.45, 2.75) is 40.3 Å². The van der Waals surface area contributed by atoms with Crippen LogP contribution in [0.5, 0.6) is 11.5 Å². The second-order valence-electron chi connectivity index (χ2n) is 8.85. The van der Waals surface area contributed by atoms with Gasteiger partial charge in [-0.15, -0.1) is 0 Å². The predicted octanol–water partition coefficient (Wildman–Crippen LogP) is 5.53. The highest BCUT2D eigenvalue weighted by Crippen LogP contribution is 2.29. The highest BCUT2D eigenvalue weighted by Gasteiger charge is 2.24. The monoisotopic (exact) mass is 521 g/mol. The van der Waals surface area contributed by atoms with Gasteiger partial charge >= 0.3 is 0 Å². The number of hydrogen-bond acceptors (Lipinski definition) is 5. The van der Waals surface area contributed by atoms with Gasteiger partial charge in [-0.05, 0) is 67.3 Å². The zero-order valence-electron chi connectivity index (χ0n) is 21.5. The number of carbonyl (C=O) groups excluding carboxylic acids is 2. The van der Waals surface area contributed by atoms with Crippen molar-refractivity contribution >= 4 is 29.6 Å². The number of nitrogens with zero attached hydrogens (tertiary/aromatic N) is 1. The van der Waals surface area contributed by atoms with Crippen molar-refractivity contribution in [3.05, 3.63) is 94.0 Å². The van der Waals surface area contributed by atoms with Crippen LogP contribution in [0.2, 0.25) is 5.02 Å². The molecule has 1 unspecified atom stereocenters. The SMILES string of the molecule is CCOc1cc(/C=N\NC(=O)C(NC(=O)c2cccc(Cl)c2)C(C)C)ccc1OCc1ccc(C)cc1. The molecule has 2 amide bonds. The van der Waals surface area contributed by atoms with Crippen LogP contribution in [0.25, 0.3) is 0 Å². The minimum Gasteiger partial charge on any atom is -0.490 e. The van der Waals surface area contributed by atoms with Crippen LogP contribution in [0, 0.1) is 12.8 Å². The molecule has 0 aliphatic heterocycles. The number of amides is 2. The number of carbonyl (C=O) groups is 2. The first-order chi connectivity index (χ1) is 17.8. The van der Waals surface area contributed by atoms with Crippen LogP contribution in [0.1, 0.15) is 47.8 Å². The van der Waals surface area contributed by atoms with Crippen LogP contribution in [0.3, 0.4) is 0 Å². The third-order valence-electron chi connectivity index (χ3n) is 5.49. The Balaban J connectivity index is 1.63. The number of hydrazone groups is 1. The van der Waals surface area contributed by atoms with E-state index in [0.717, 1.165) is 11.1 Å². The molecule has 7 nitrogen and oxygen atoms in total. The van der Waals surface area contributed by atoms with E-state index in [1.165, 1.54) is 11.8 Å². The number of benzene rings is 3. The lowest BCUT2D eigenvalue weighted by molar-refractivity contribution is -0.123. The molecule has 37 heavy (non-hydrogen) atoms. The van der Waals surface area contributed by atoms with Gasteiger partial charge in [-0.1, -0.05) is 61.3 Å². The van der Waals surface area contributed by atoms with E-state index in [1.54, 1.807) is 30.3 Å². The Morgan fingerprint density at radius 2 is 1.76 bits per heavy atom. The molecule has 0 heterocycles. The molecule has 3 aromatic rings. The summed E-state index contributed by atoms with van der Waals surface area (Å²) in [5.74, 6) is 0.228. The van der Waals surface area contributed by atoms with Crippen molar-refractivity contribution in [2.24, 2.45) is 11.0 Å². The fourth-order valence-corrected chi connectivity index (χ4v) is 3.66. The topological polar surface area (TPSA) is 89.0 Å². The predicted molar refractivity (Wildman–Crippen MR) is 146 cm³/mol. The van der Waals surface area contributed by atoms with Gasteiger partial charge in [0.05, 0.1) is 12.8 Å². The van der Waals surface area contributed by atoms with Crippen LogP contribution in [0.15, 0.2) is 71.8 Å². The second-order valence-corrected chi connectivity index (χ2v) is 9.29. The quantitative estimate of drug-likeness (QED) is 0.256. The first-order valence-corrected chi connectivity index (χ1v) is 12.5. The van der Waals surface area contributed by atoms with E-state index in [-0.39, 0.29) is 11.8 Å². The van der Waals surface area contributed by atoms with Crippen molar-refractivity contribution in [1.82, 2.24) is 10.7 Å². The molecule has 3 rings (SSSR count). The zero-order valence-corrected chi connectivity index (χ0v) is 22.2. The Kier molecular flexibility index (Phi) is 10.1. The molecular weight excluding hydrogens is 490 g/mol. The molecule has 0 saturated heterocycles. The van der Waals surface area contributed by atoms with E-state index < -0.39 is 11.9 Å². The van der Waals surface area contributed by atoms with Crippen LogP contribution in [-0.4, -0.2) is 30.7 Å². The van der Waals surface area contributed by atoms with Gasteiger partial charge in [0.15, 0.2) is 11.5 Å². The van der Waals surface area contributed by atoms with Gasteiger partial charge in [-0.3, -0.25) is 9.59 Å². The Hall–Kier alpha value is -3.84. The lowest BCUT2D eigenvalue weighted by Crippen LogP contribution is -2.48. The molecule has 0 spiro atoms. The summed E-state index contributed by atoms with van der Waals surface area (Å²) < 4.78 is 11.7. The normalized spacial score (nSPS) is 11.8. The minimum atomic E-state index is -0.778. The van der Waals surface area contributed by atoms with Gasteiger partial charge in [-0.2, -0.15) is 5.10 Å². The Morgan fingerprint density at radius 3 is 2.43 bits per heavy atom. The van der Waals surface area contributed by atoms with Gasteiger partial charge < -0.3 is 14.8 Å². The third kappa shape index (κ3) is 8.36. The van der Waals surface area contributed by atoms with Crippen molar-refractivity contribution in [1.29, 1.82) is 0 Å². The van der Waals surface area contributed by atoms with Crippen LogP contribution >= 0.6 is 11.6 Å². The molecule has 0 fully saturated rings. The van der Waals surface area contributed by atoms with E-state index in [4.69, 9.17) is 21.1 Å². The average Bonchev–Trinajstić information content (AvgIpc) is 2.87. The lowest BCUT2D eigenvalue weighted by Gasteiger charge is -2.20.